The van der Waals surface area contributed by atoms with Gasteiger partial charge in [-0.05, 0) is 47.0 Å². The van der Waals surface area contributed by atoms with Crippen LogP contribution in [0.2, 0.25) is 0 Å². The fourth-order valence-corrected chi connectivity index (χ4v) is 5.58. The molecule has 0 aliphatic heterocycles. The first-order valence-corrected chi connectivity index (χ1v) is 9.58. The van der Waals surface area contributed by atoms with Crippen molar-refractivity contribution in [1.29, 1.82) is 0 Å². The molecule has 0 saturated heterocycles. The molecule has 0 aromatic heterocycles. The monoisotopic (exact) mass is 439 g/mol. The quantitative estimate of drug-likeness (QED) is 0.753. The summed E-state index contributed by atoms with van der Waals surface area (Å²) in [4.78, 5) is 11.4. The summed E-state index contributed by atoms with van der Waals surface area (Å²) in [6.45, 7) is 0. The second kappa shape index (κ2) is 6.76. The Labute approximate surface area is 140 Å². The third-order valence-corrected chi connectivity index (χ3v) is 6.53. The minimum absolute atomic E-state index is 0.111. The van der Waals surface area contributed by atoms with E-state index < -0.39 is 28.0 Å². The Kier molecular flexibility index (Phi) is 5.45. The predicted molar refractivity (Wildman–Crippen MR) is 85.5 cm³/mol. The fraction of sp³-hybridized carbons (Fsp3) is 0.462. The Balaban J connectivity index is 2.25. The molecule has 2 rings (SSSR count). The molecule has 2 unspecified atom stereocenters. The van der Waals surface area contributed by atoms with Crippen LogP contribution in [0.3, 0.4) is 0 Å². The zero-order valence-electron chi connectivity index (χ0n) is 11.1. The van der Waals surface area contributed by atoms with Gasteiger partial charge in [-0.2, -0.15) is 0 Å². The van der Waals surface area contributed by atoms with E-state index in [1.807, 2.05) is 0 Å². The lowest BCUT2D eigenvalue weighted by molar-refractivity contribution is -0.143. The average molecular weight is 441 g/mol. The van der Waals surface area contributed by atoms with Gasteiger partial charge in [0.15, 0.2) is 0 Å². The maximum atomic E-state index is 12.5. The molecule has 0 amide bonds. The highest BCUT2D eigenvalue weighted by molar-refractivity contribution is 9.11. The van der Waals surface area contributed by atoms with Gasteiger partial charge in [0.1, 0.15) is 0 Å². The molecule has 1 aliphatic carbocycles. The molecule has 2 N–H and O–H groups in total. The summed E-state index contributed by atoms with van der Waals surface area (Å²) in [5.74, 6) is -1.61. The number of hydrogen-bond donors (Lipinski definition) is 2. The Morgan fingerprint density at radius 3 is 2.52 bits per heavy atom. The number of halogens is 2. The number of carboxylic acids is 1. The molecule has 1 fully saturated rings. The summed E-state index contributed by atoms with van der Waals surface area (Å²) in [7, 11) is -3.75. The van der Waals surface area contributed by atoms with Crippen molar-refractivity contribution in [1.82, 2.24) is 4.72 Å². The Morgan fingerprint density at radius 1 is 1.24 bits per heavy atom. The first kappa shape index (κ1) is 16.9. The minimum atomic E-state index is -3.75. The number of carbonyl (C=O) groups is 1. The third kappa shape index (κ3) is 4.06. The summed E-state index contributed by atoms with van der Waals surface area (Å²) < 4.78 is 28.6. The van der Waals surface area contributed by atoms with Gasteiger partial charge in [0.2, 0.25) is 10.0 Å². The zero-order valence-corrected chi connectivity index (χ0v) is 15.0. The van der Waals surface area contributed by atoms with E-state index in [0.29, 0.717) is 17.3 Å². The summed E-state index contributed by atoms with van der Waals surface area (Å²) in [6.07, 6.45) is 2.70. The van der Waals surface area contributed by atoms with Crippen LogP contribution in [0.15, 0.2) is 32.0 Å². The smallest absolute Gasteiger partial charge is 0.308 e. The second-order valence-corrected chi connectivity index (χ2v) is 8.48. The van der Waals surface area contributed by atoms with E-state index >= 15 is 0 Å². The topological polar surface area (TPSA) is 83.5 Å². The third-order valence-electron chi connectivity index (χ3n) is 3.57. The zero-order chi connectivity index (χ0) is 15.6. The lowest BCUT2D eigenvalue weighted by Crippen LogP contribution is -2.45. The van der Waals surface area contributed by atoms with Gasteiger partial charge in [0.25, 0.3) is 0 Å². The Morgan fingerprint density at radius 2 is 1.90 bits per heavy atom. The lowest BCUT2D eigenvalue weighted by atomic mass is 9.85. The van der Waals surface area contributed by atoms with Crippen LogP contribution in [0.1, 0.15) is 25.7 Å². The number of aliphatic carboxylic acids is 1. The van der Waals surface area contributed by atoms with Crippen LogP contribution < -0.4 is 4.72 Å². The lowest BCUT2D eigenvalue weighted by Gasteiger charge is -2.29. The van der Waals surface area contributed by atoms with Gasteiger partial charge < -0.3 is 5.11 Å². The van der Waals surface area contributed by atoms with Gasteiger partial charge in [0, 0.05) is 15.0 Å². The number of carboxylic acid groups (broad SMARTS) is 1. The maximum Gasteiger partial charge on any atom is 0.308 e. The van der Waals surface area contributed by atoms with Gasteiger partial charge in [-0.1, -0.05) is 28.8 Å². The van der Waals surface area contributed by atoms with Crippen molar-refractivity contribution in [2.24, 2.45) is 5.92 Å². The van der Waals surface area contributed by atoms with Crippen LogP contribution in [0.25, 0.3) is 0 Å². The van der Waals surface area contributed by atoms with E-state index in [1.165, 1.54) is 6.07 Å². The maximum absolute atomic E-state index is 12.5. The van der Waals surface area contributed by atoms with Crippen molar-refractivity contribution >= 4 is 47.9 Å². The van der Waals surface area contributed by atoms with E-state index in [2.05, 4.69) is 36.6 Å². The van der Waals surface area contributed by atoms with Crippen molar-refractivity contribution in [2.45, 2.75) is 36.6 Å². The molecule has 21 heavy (non-hydrogen) atoms. The molecular formula is C13H15Br2NO4S. The molecule has 1 aromatic rings. The van der Waals surface area contributed by atoms with Crippen molar-refractivity contribution in [3.63, 3.8) is 0 Å². The second-order valence-electron chi connectivity index (χ2n) is 5.03. The first-order chi connectivity index (χ1) is 9.81. The molecule has 1 aliphatic rings. The van der Waals surface area contributed by atoms with E-state index in [4.69, 9.17) is 0 Å². The molecule has 0 spiro atoms. The summed E-state index contributed by atoms with van der Waals surface area (Å²) in [6, 6.07) is 4.20. The van der Waals surface area contributed by atoms with Gasteiger partial charge in [-0.3, -0.25) is 4.79 Å². The molecule has 0 radical (unpaired) electrons. The van der Waals surface area contributed by atoms with Crippen LogP contribution in [-0.4, -0.2) is 25.5 Å². The Hall–Kier alpha value is -0.440. The van der Waals surface area contributed by atoms with E-state index in [9.17, 15) is 18.3 Å². The van der Waals surface area contributed by atoms with Gasteiger partial charge in [0.05, 0.1) is 10.8 Å². The standard InChI is InChI=1S/C13H15Br2NO4S/c14-8-5-6-12(10(15)7-8)21(19,20)16-11-4-2-1-3-9(11)13(17)18/h5-7,9,11,16H,1-4H2,(H,17,18). The number of benzene rings is 1. The molecule has 116 valence electrons. The highest BCUT2D eigenvalue weighted by atomic mass is 79.9. The molecule has 0 heterocycles. The van der Waals surface area contributed by atoms with Crippen molar-refractivity contribution in [3.05, 3.63) is 27.1 Å². The number of rotatable bonds is 4. The first-order valence-electron chi connectivity index (χ1n) is 6.51. The van der Waals surface area contributed by atoms with Crippen molar-refractivity contribution < 1.29 is 18.3 Å². The van der Waals surface area contributed by atoms with Crippen molar-refractivity contribution in [3.8, 4) is 0 Å². The van der Waals surface area contributed by atoms with Crippen LogP contribution in [-0.2, 0) is 14.8 Å². The van der Waals surface area contributed by atoms with Gasteiger partial charge in [-0.25, -0.2) is 13.1 Å². The molecular weight excluding hydrogens is 426 g/mol. The van der Waals surface area contributed by atoms with Crippen LogP contribution in [0.4, 0.5) is 0 Å². The van der Waals surface area contributed by atoms with Gasteiger partial charge >= 0.3 is 5.97 Å². The van der Waals surface area contributed by atoms with E-state index in [-0.39, 0.29) is 4.90 Å². The normalized spacial score (nSPS) is 23.0. The molecule has 1 saturated carbocycles. The Bertz CT molecular complexity index is 648. The number of sulfonamides is 1. The molecule has 5 nitrogen and oxygen atoms in total. The van der Waals surface area contributed by atoms with E-state index in [0.717, 1.165) is 17.3 Å². The predicted octanol–water partition coefficient (Wildman–Crippen LogP) is 3.13. The summed E-state index contributed by atoms with van der Waals surface area (Å²) in [5, 5.41) is 9.22. The highest BCUT2D eigenvalue weighted by Crippen LogP contribution is 2.29. The molecule has 8 heteroatoms. The van der Waals surface area contributed by atoms with Crippen LogP contribution in [0.5, 0.6) is 0 Å². The average Bonchev–Trinajstić information content (AvgIpc) is 2.37. The summed E-state index contributed by atoms with van der Waals surface area (Å²) >= 11 is 6.49. The van der Waals surface area contributed by atoms with E-state index in [1.54, 1.807) is 12.1 Å². The fourth-order valence-electron chi connectivity index (χ4n) is 2.52. The number of nitrogens with one attached hydrogen (secondary N) is 1. The van der Waals surface area contributed by atoms with Crippen molar-refractivity contribution in [2.75, 3.05) is 0 Å². The van der Waals surface area contributed by atoms with Crippen LogP contribution in [0, 0.1) is 5.92 Å². The largest absolute Gasteiger partial charge is 0.481 e. The van der Waals surface area contributed by atoms with Crippen LogP contribution >= 0.6 is 31.9 Å². The molecule has 0 bridgehead atoms. The highest BCUT2D eigenvalue weighted by Gasteiger charge is 2.34. The summed E-state index contributed by atoms with van der Waals surface area (Å²) in [5.41, 5.74) is 0. The van der Waals surface area contributed by atoms with Gasteiger partial charge in [-0.15, -0.1) is 0 Å². The molecule has 2 atom stereocenters. The minimum Gasteiger partial charge on any atom is -0.481 e. The SMILES string of the molecule is O=C(O)C1CCCCC1NS(=O)(=O)c1ccc(Br)cc1Br. The molecule has 1 aromatic carbocycles. The number of hydrogen-bond acceptors (Lipinski definition) is 3.